The molecular weight excluding hydrogens is 569 g/mol. The molecule has 4 nitrogen and oxygen atoms in total. The van der Waals surface area contributed by atoms with Crippen LogP contribution in [-0.2, 0) is 22.7 Å². The Morgan fingerprint density at radius 2 is 1.87 bits per heavy atom. The van der Waals surface area contributed by atoms with Gasteiger partial charge in [0.15, 0.2) is 0 Å². The molecule has 2 aromatic carbocycles. The number of alkyl halides is 4. The summed E-state index contributed by atoms with van der Waals surface area (Å²) in [4.78, 5) is 0. The average molecular weight is 587 g/mol. The number of anilines is 1. The lowest BCUT2D eigenvalue weighted by molar-refractivity contribution is -0.140. The van der Waals surface area contributed by atoms with Crippen LogP contribution in [0.3, 0.4) is 0 Å². The molecular formula is C20H18F4INO3S2. The number of halogens is 5. The standard InChI is InChI=1S/C20H18F4INO3S2/c1-2-31(28,29)26(11-12-7-8-15(21)14(9-12)20(22,23)24)19-18(16(27)10-25)13-5-3-4-6-17(13)30-19/h3-9,16,27H,2,10-11H2,1H3. The van der Waals surface area contributed by atoms with Crippen LogP contribution in [0, 0.1) is 5.82 Å². The van der Waals surface area contributed by atoms with Crippen LogP contribution in [0.2, 0.25) is 0 Å². The molecule has 3 aromatic rings. The van der Waals surface area contributed by atoms with E-state index in [2.05, 4.69) is 0 Å². The number of benzene rings is 2. The lowest BCUT2D eigenvalue weighted by Gasteiger charge is -2.25. The van der Waals surface area contributed by atoms with E-state index in [1.54, 1.807) is 24.3 Å². The molecule has 0 saturated carbocycles. The SMILES string of the molecule is CCS(=O)(=O)N(Cc1ccc(F)c(C(F)(F)F)c1)c1sc2ccccc2c1C(O)CI. The number of aliphatic hydroxyl groups excluding tert-OH is 1. The number of hydrogen-bond donors (Lipinski definition) is 1. The second-order valence-electron chi connectivity index (χ2n) is 6.71. The van der Waals surface area contributed by atoms with Crippen LogP contribution in [0.5, 0.6) is 0 Å². The van der Waals surface area contributed by atoms with Crippen molar-refractivity contribution in [3.05, 3.63) is 65.0 Å². The third-order valence-corrected chi connectivity index (χ3v) is 8.56. The summed E-state index contributed by atoms with van der Waals surface area (Å²) in [5.41, 5.74) is -1.06. The van der Waals surface area contributed by atoms with E-state index in [0.29, 0.717) is 27.5 Å². The van der Waals surface area contributed by atoms with Gasteiger partial charge in [0.25, 0.3) is 0 Å². The minimum Gasteiger partial charge on any atom is -0.387 e. The fourth-order valence-electron chi connectivity index (χ4n) is 3.14. The van der Waals surface area contributed by atoms with Gasteiger partial charge in [-0.2, -0.15) is 13.2 Å². The van der Waals surface area contributed by atoms with Gasteiger partial charge in [-0.15, -0.1) is 11.3 Å². The van der Waals surface area contributed by atoms with Crippen LogP contribution in [-0.4, -0.2) is 23.7 Å². The van der Waals surface area contributed by atoms with Gasteiger partial charge in [0.2, 0.25) is 10.0 Å². The number of thiophene rings is 1. The second kappa shape index (κ2) is 9.20. The Labute approximate surface area is 194 Å². The van der Waals surface area contributed by atoms with Gasteiger partial charge < -0.3 is 5.11 Å². The molecule has 0 fully saturated rings. The predicted octanol–water partition coefficient (Wildman–Crippen LogP) is 5.88. The molecule has 11 heteroatoms. The third kappa shape index (κ3) is 4.99. The van der Waals surface area contributed by atoms with E-state index in [-0.39, 0.29) is 16.3 Å². The highest BCUT2D eigenvalue weighted by Gasteiger charge is 2.35. The third-order valence-electron chi connectivity index (χ3n) is 4.68. The molecule has 0 amide bonds. The van der Waals surface area contributed by atoms with Crippen LogP contribution in [0.4, 0.5) is 22.6 Å². The molecule has 31 heavy (non-hydrogen) atoms. The highest BCUT2D eigenvalue weighted by Crippen LogP contribution is 2.44. The van der Waals surface area contributed by atoms with Gasteiger partial charge >= 0.3 is 6.18 Å². The Bertz CT molecular complexity index is 1190. The zero-order valence-corrected chi connectivity index (χ0v) is 19.9. The number of nitrogens with zero attached hydrogens (tertiary/aromatic N) is 1. The van der Waals surface area contributed by atoms with E-state index in [1.165, 1.54) is 6.92 Å². The molecule has 3 rings (SSSR count). The Morgan fingerprint density at radius 1 is 1.19 bits per heavy atom. The highest BCUT2D eigenvalue weighted by atomic mass is 127. The first kappa shape index (κ1) is 24.2. The normalized spacial score (nSPS) is 13.5. The molecule has 1 N–H and O–H groups in total. The highest BCUT2D eigenvalue weighted by molar-refractivity contribution is 14.1. The summed E-state index contributed by atoms with van der Waals surface area (Å²) in [5.74, 6) is -1.72. The monoisotopic (exact) mass is 587 g/mol. The molecule has 0 spiro atoms. The van der Waals surface area contributed by atoms with Gasteiger partial charge in [0.05, 0.1) is 24.0 Å². The minimum atomic E-state index is -4.91. The van der Waals surface area contributed by atoms with E-state index in [9.17, 15) is 31.1 Å². The van der Waals surface area contributed by atoms with Crippen LogP contribution < -0.4 is 4.31 Å². The van der Waals surface area contributed by atoms with Gasteiger partial charge in [0, 0.05) is 20.1 Å². The van der Waals surface area contributed by atoms with Crippen molar-refractivity contribution in [1.82, 2.24) is 0 Å². The number of sulfonamides is 1. The summed E-state index contributed by atoms with van der Waals surface area (Å²) in [7, 11) is -3.93. The molecule has 0 aliphatic heterocycles. The number of aliphatic hydroxyl groups is 1. The number of rotatable bonds is 7. The minimum absolute atomic E-state index is 0.0156. The van der Waals surface area contributed by atoms with Crippen LogP contribution >= 0.6 is 33.9 Å². The Balaban J connectivity index is 2.19. The predicted molar refractivity (Wildman–Crippen MR) is 123 cm³/mol. The lowest BCUT2D eigenvalue weighted by atomic mass is 10.1. The molecule has 168 valence electrons. The first-order chi connectivity index (χ1) is 14.5. The molecule has 1 heterocycles. The number of fused-ring (bicyclic) bond motifs is 1. The van der Waals surface area contributed by atoms with E-state index >= 15 is 0 Å². The summed E-state index contributed by atoms with van der Waals surface area (Å²) >= 11 is 3.11. The van der Waals surface area contributed by atoms with Crippen molar-refractivity contribution >= 4 is 59.0 Å². The molecule has 0 saturated heterocycles. The van der Waals surface area contributed by atoms with E-state index in [1.807, 2.05) is 22.6 Å². The average Bonchev–Trinajstić information content (AvgIpc) is 3.10. The topological polar surface area (TPSA) is 57.6 Å². The van der Waals surface area contributed by atoms with E-state index in [4.69, 9.17) is 0 Å². The molecule has 1 aromatic heterocycles. The molecule has 0 aliphatic rings. The fourth-order valence-corrected chi connectivity index (χ4v) is 6.21. The van der Waals surface area contributed by atoms with Gasteiger partial charge in [-0.1, -0.05) is 46.9 Å². The first-order valence-electron chi connectivity index (χ1n) is 9.11. The second-order valence-corrected chi connectivity index (χ2v) is 10.8. The lowest BCUT2D eigenvalue weighted by Crippen LogP contribution is -2.32. The summed E-state index contributed by atoms with van der Waals surface area (Å²) in [6.45, 7) is 1.00. The van der Waals surface area contributed by atoms with Crippen molar-refractivity contribution < 1.29 is 31.1 Å². The zero-order valence-electron chi connectivity index (χ0n) is 16.2. The Hall–Kier alpha value is -1.44. The largest absolute Gasteiger partial charge is 0.419 e. The smallest absolute Gasteiger partial charge is 0.387 e. The Morgan fingerprint density at radius 3 is 2.48 bits per heavy atom. The van der Waals surface area contributed by atoms with Gasteiger partial charge in [-0.05, 0) is 30.7 Å². The summed E-state index contributed by atoms with van der Waals surface area (Å²) in [5, 5.41) is 11.5. The summed E-state index contributed by atoms with van der Waals surface area (Å²) in [6, 6.07) is 9.51. The van der Waals surface area contributed by atoms with Crippen LogP contribution in [0.1, 0.15) is 29.7 Å². The molecule has 1 atom stereocenters. The van der Waals surface area contributed by atoms with Gasteiger partial charge in [-0.25, -0.2) is 12.8 Å². The first-order valence-corrected chi connectivity index (χ1v) is 13.1. The van der Waals surface area contributed by atoms with Crippen molar-refractivity contribution in [2.75, 3.05) is 14.5 Å². The van der Waals surface area contributed by atoms with Crippen LogP contribution in [0.25, 0.3) is 10.1 Å². The van der Waals surface area contributed by atoms with Crippen molar-refractivity contribution in [2.24, 2.45) is 0 Å². The summed E-state index contributed by atoms with van der Waals surface area (Å²) < 4.78 is 81.1. The molecule has 1 unspecified atom stereocenters. The maximum Gasteiger partial charge on any atom is 0.419 e. The van der Waals surface area contributed by atoms with Crippen molar-refractivity contribution in [2.45, 2.75) is 25.7 Å². The van der Waals surface area contributed by atoms with Crippen molar-refractivity contribution in [3.8, 4) is 0 Å². The Kier molecular flexibility index (Phi) is 7.18. The summed E-state index contributed by atoms with van der Waals surface area (Å²) in [6.07, 6.45) is -5.88. The molecule has 0 bridgehead atoms. The quantitative estimate of drug-likeness (QED) is 0.213. The van der Waals surface area contributed by atoms with Crippen molar-refractivity contribution in [1.29, 1.82) is 0 Å². The zero-order chi connectivity index (χ0) is 23.0. The van der Waals surface area contributed by atoms with Crippen molar-refractivity contribution in [3.63, 3.8) is 0 Å². The van der Waals surface area contributed by atoms with E-state index < -0.39 is 40.2 Å². The van der Waals surface area contributed by atoms with E-state index in [0.717, 1.165) is 26.4 Å². The van der Waals surface area contributed by atoms with Gasteiger partial charge in [0.1, 0.15) is 10.8 Å². The van der Waals surface area contributed by atoms with Crippen LogP contribution in [0.15, 0.2) is 42.5 Å². The molecule has 0 radical (unpaired) electrons. The number of hydrogen-bond acceptors (Lipinski definition) is 4. The van der Waals surface area contributed by atoms with Gasteiger partial charge in [-0.3, -0.25) is 4.31 Å². The maximum atomic E-state index is 13.7. The maximum absolute atomic E-state index is 13.7. The fraction of sp³-hybridized carbons (Fsp3) is 0.300. The molecule has 0 aliphatic carbocycles.